The first kappa shape index (κ1) is 22.6. The highest BCUT2D eigenvalue weighted by Crippen LogP contribution is 2.45. The van der Waals surface area contributed by atoms with Gasteiger partial charge in [-0.25, -0.2) is 9.18 Å². The summed E-state index contributed by atoms with van der Waals surface area (Å²) in [5, 5.41) is 3.33. The van der Waals surface area contributed by atoms with E-state index in [1.807, 2.05) is 11.8 Å². The molecule has 0 atom stereocenters. The van der Waals surface area contributed by atoms with Crippen LogP contribution in [0, 0.1) is 11.2 Å². The average Bonchev–Trinajstić information content (AvgIpc) is 3.30. The third-order valence-corrected chi connectivity index (χ3v) is 6.69. The Labute approximate surface area is 188 Å². The molecule has 1 aliphatic carbocycles. The summed E-state index contributed by atoms with van der Waals surface area (Å²) >= 11 is 0. The van der Waals surface area contributed by atoms with Crippen LogP contribution in [0.25, 0.3) is 11.3 Å². The van der Waals surface area contributed by atoms with Crippen molar-refractivity contribution in [2.75, 3.05) is 32.8 Å². The number of hydrogen-bond acceptors (Lipinski definition) is 6. The second kappa shape index (κ2) is 10.3. The Morgan fingerprint density at radius 3 is 2.59 bits per heavy atom. The van der Waals surface area contributed by atoms with Crippen molar-refractivity contribution in [1.29, 1.82) is 0 Å². The first-order valence-electron chi connectivity index (χ1n) is 11.6. The summed E-state index contributed by atoms with van der Waals surface area (Å²) in [4.78, 5) is 25.7. The van der Waals surface area contributed by atoms with E-state index in [2.05, 4.69) is 20.3 Å². The number of piperidine rings is 1. The number of nitrogens with one attached hydrogen (secondary N) is 1. The molecule has 2 aliphatic heterocycles. The number of ether oxygens (including phenoxy) is 1. The molecule has 5 rings (SSSR count). The molecule has 0 bridgehead atoms. The van der Waals surface area contributed by atoms with E-state index in [1.165, 1.54) is 37.9 Å². The maximum atomic E-state index is 13.5. The van der Waals surface area contributed by atoms with Crippen molar-refractivity contribution in [2.45, 2.75) is 51.4 Å². The molecule has 2 saturated heterocycles. The molecule has 1 amide bonds. The average molecular weight is 442 g/mol. The molecule has 0 radical (unpaired) electrons. The van der Waals surface area contributed by atoms with E-state index in [4.69, 9.17) is 4.74 Å². The van der Waals surface area contributed by atoms with Gasteiger partial charge in [0.15, 0.2) is 0 Å². The second-order valence-electron chi connectivity index (χ2n) is 8.96. The summed E-state index contributed by atoms with van der Waals surface area (Å²) in [5.41, 5.74) is 2.87. The highest BCUT2D eigenvalue weighted by Gasteiger charge is 2.47. The minimum Gasteiger partial charge on any atom is -0.450 e. The van der Waals surface area contributed by atoms with Gasteiger partial charge in [0.25, 0.3) is 0 Å². The van der Waals surface area contributed by atoms with Crippen LogP contribution in [0.2, 0.25) is 0 Å². The minimum atomic E-state index is -0.335. The van der Waals surface area contributed by atoms with Crippen LogP contribution >= 0.6 is 0 Å². The highest BCUT2D eigenvalue weighted by molar-refractivity contribution is 5.69. The Kier molecular flexibility index (Phi) is 7.29. The smallest absolute Gasteiger partial charge is 0.409 e. The van der Waals surface area contributed by atoms with Crippen LogP contribution in [0.5, 0.6) is 0 Å². The Bertz CT molecular complexity index is 891. The first-order valence-corrected chi connectivity index (χ1v) is 11.6. The number of likely N-dealkylation sites (tertiary alicyclic amines) is 1. The van der Waals surface area contributed by atoms with Crippen LogP contribution in [0.1, 0.15) is 57.1 Å². The van der Waals surface area contributed by atoms with Crippen LogP contribution in [-0.2, 0) is 4.74 Å². The third kappa shape index (κ3) is 5.23. The van der Waals surface area contributed by atoms with E-state index in [-0.39, 0.29) is 11.9 Å². The number of hydrogen-bond donors (Lipinski definition) is 1. The van der Waals surface area contributed by atoms with Crippen molar-refractivity contribution >= 4 is 6.09 Å². The molecule has 1 saturated carbocycles. The molecule has 3 fully saturated rings. The lowest BCUT2D eigenvalue weighted by atomic mass is 9.79. The lowest BCUT2D eigenvalue weighted by Crippen LogP contribution is -2.57. The molecule has 4 heterocycles. The van der Waals surface area contributed by atoms with Gasteiger partial charge < -0.3 is 15.0 Å². The van der Waals surface area contributed by atoms with Crippen LogP contribution in [0.15, 0.2) is 30.9 Å². The van der Waals surface area contributed by atoms with Crippen molar-refractivity contribution in [3.63, 3.8) is 0 Å². The molecule has 2 aromatic rings. The lowest BCUT2D eigenvalue weighted by Gasteiger charge is -2.47. The molecular formula is C24H32FN5O2. The van der Waals surface area contributed by atoms with Gasteiger partial charge in [0.2, 0.25) is 0 Å². The largest absolute Gasteiger partial charge is 0.450 e. The van der Waals surface area contributed by atoms with Crippen molar-refractivity contribution in [2.24, 2.45) is 5.41 Å². The molecule has 0 aromatic carbocycles. The number of carbonyl (C=O) groups is 1. The van der Waals surface area contributed by atoms with Crippen molar-refractivity contribution in [3.05, 3.63) is 42.4 Å². The van der Waals surface area contributed by atoms with Crippen LogP contribution in [0.3, 0.4) is 0 Å². The van der Waals surface area contributed by atoms with Crippen LogP contribution < -0.4 is 5.32 Å². The quantitative estimate of drug-likeness (QED) is 0.770. The number of amides is 1. The van der Waals surface area contributed by atoms with E-state index in [9.17, 15) is 9.18 Å². The molecule has 0 unspecified atom stereocenters. The summed E-state index contributed by atoms with van der Waals surface area (Å²) in [6.45, 7) is 6.16. The zero-order valence-corrected chi connectivity index (χ0v) is 18.7. The van der Waals surface area contributed by atoms with Crippen LogP contribution in [0.4, 0.5) is 9.18 Å². The molecule has 7 nitrogen and oxygen atoms in total. The number of carbonyl (C=O) groups excluding carboxylic acids is 1. The monoisotopic (exact) mass is 441 g/mol. The van der Waals surface area contributed by atoms with Gasteiger partial charge in [0, 0.05) is 42.4 Å². The summed E-state index contributed by atoms with van der Waals surface area (Å²) in [6.07, 6.45) is 13.4. The highest BCUT2D eigenvalue weighted by atomic mass is 19.1. The Morgan fingerprint density at radius 1 is 1.19 bits per heavy atom. The summed E-state index contributed by atoms with van der Waals surface area (Å²) < 4.78 is 18.4. The maximum Gasteiger partial charge on any atom is 0.409 e. The molecule has 1 N–H and O–H groups in total. The van der Waals surface area contributed by atoms with E-state index < -0.39 is 0 Å². The second-order valence-corrected chi connectivity index (χ2v) is 8.96. The van der Waals surface area contributed by atoms with Crippen molar-refractivity contribution in [1.82, 2.24) is 25.2 Å². The van der Waals surface area contributed by atoms with Gasteiger partial charge in [-0.3, -0.25) is 15.0 Å². The number of halogens is 1. The number of aromatic nitrogens is 3. The fraction of sp³-hybridized carbons (Fsp3) is 0.583. The van der Waals surface area contributed by atoms with Gasteiger partial charge in [-0.1, -0.05) is 12.8 Å². The Hall–Kier alpha value is -2.61. The molecule has 8 heteroatoms. The first-order chi connectivity index (χ1) is 15.6. The summed E-state index contributed by atoms with van der Waals surface area (Å²) in [5.74, 6) is 0.0252. The molecule has 3 aliphatic rings. The SMILES string of the molecule is CCOC(=O)N1CC2(CCCC2)C1.Fc1cnc(C2CCNCC2)c(-c2cnccn2)c1. The fourth-order valence-corrected chi connectivity index (χ4v) is 5.06. The van der Waals surface area contributed by atoms with E-state index >= 15 is 0 Å². The molecular weight excluding hydrogens is 409 g/mol. The standard InChI is InChI=1S/C14H15FN4.C10H17NO2/c15-11-7-12(13-9-17-5-6-18-13)14(19-8-11)10-1-3-16-4-2-10;1-2-13-9(12)11-7-10(8-11)5-3-4-6-10/h5-10,16H,1-4H2;2-8H2,1H3. The predicted molar refractivity (Wildman–Crippen MR) is 120 cm³/mol. The number of rotatable bonds is 3. The van der Waals surface area contributed by atoms with E-state index in [0.29, 0.717) is 23.6 Å². The van der Waals surface area contributed by atoms with Gasteiger partial charge in [0.05, 0.1) is 30.4 Å². The topological polar surface area (TPSA) is 80.2 Å². The summed E-state index contributed by atoms with van der Waals surface area (Å²) in [6, 6.07) is 1.51. The number of pyridine rings is 1. The lowest BCUT2D eigenvalue weighted by molar-refractivity contribution is 0.00199. The summed E-state index contributed by atoms with van der Waals surface area (Å²) in [7, 11) is 0. The van der Waals surface area contributed by atoms with Crippen molar-refractivity contribution < 1.29 is 13.9 Å². The Balaban J connectivity index is 0.000000165. The fourth-order valence-electron chi connectivity index (χ4n) is 5.06. The number of nitrogens with zero attached hydrogens (tertiary/aromatic N) is 4. The van der Waals surface area contributed by atoms with Gasteiger partial charge in [-0.05, 0) is 51.8 Å². The normalized spacial score (nSPS) is 19.8. The predicted octanol–water partition coefficient (Wildman–Crippen LogP) is 4.16. The van der Waals surface area contributed by atoms with Crippen LogP contribution in [-0.4, -0.2) is 58.7 Å². The minimum absolute atomic E-state index is 0.125. The Morgan fingerprint density at radius 2 is 1.94 bits per heavy atom. The van der Waals surface area contributed by atoms with Gasteiger partial charge >= 0.3 is 6.09 Å². The zero-order chi connectivity index (χ0) is 22.4. The van der Waals surface area contributed by atoms with Gasteiger partial charge in [0.1, 0.15) is 5.82 Å². The molecule has 1 spiro atoms. The maximum absolute atomic E-state index is 13.5. The molecule has 2 aromatic heterocycles. The van der Waals surface area contributed by atoms with E-state index in [0.717, 1.165) is 50.3 Å². The zero-order valence-electron chi connectivity index (χ0n) is 18.7. The molecule has 172 valence electrons. The third-order valence-electron chi connectivity index (χ3n) is 6.69. The van der Waals surface area contributed by atoms with Gasteiger partial charge in [-0.2, -0.15) is 0 Å². The van der Waals surface area contributed by atoms with E-state index in [1.54, 1.807) is 18.6 Å². The van der Waals surface area contributed by atoms with Gasteiger partial charge in [-0.15, -0.1) is 0 Å². The van der Waals surface area contributed by atoms with Crippen molar-refractivity contribution in [3.8, 4) is 11.3 Å². The molecule has 32 heavy (non-hydrogen) atoms.